The molecular weight excluding hydrogens is 274 g/mol. The number of nitrogens with zero attached hydrogens (tertiary/aromatic N) is 2. The zero-order valence-corrected chi connectivity index (χ0v) is 13.6. The van der Waals surface area contributed by atoms with Gasteiger partial charge in [-0.2, -0.15) is 0 Å². The summed E-state index contributed by atoms with van der Waals surface area (Å²) in [5.41, 5.74) is 8.30. The maximum absolute atomic E-state index is 12.8. The van der Waals surface area contributed by atoms with E-state index in [0.717, 1.165) is 37.1 Å². The van der Waals surface area contributed by atoms with Crippen molar-refractivity contribution in [3.63, 3.8) is 0 Å². The number of carbonyl (C=O) groups excluding carboxylic acids is 1. The van der Waals surface area contributed by atoms with Gasteiger partial charge in [0.15, 0.2) is 0 Å². The molecule has 22 heavy (non-hydrogen) atoms. The zero-order chi connectivity index (χ0) is 15.5. The lowest BCUT2D eigenvalue weighted by atomic mass is 10.1. The van der Waals surface area contributed by atoms with Crippen molar-refractivity contribution in [2.75, 3.05) is 31.9 Å². The third kappa shape index (κ3) is 3.27. The van der Waals surface area contributed by atoms with Crippen LogP contribution in [0.1, 0.15) is 48.0 Å². The third-order valence-electron chi connectivity index (χ3n) is 5.13. The molecule has 0 aliphatic carbocycles. The first kappa shape index (κ1) is 15.3. The van der Waals surface area contributed by atoms with Crippen molar-refractivity contribution >= 4 is 11.6 Å². The van der Waals surface area contributed by atoms with Crippen molar-refractivity contribution in [3.05, 3.63) is 29.3 Å². The Morgan fingerprint density at radius 3 is 2.64 bits per heavy atom. The molecule has 4 nitrogen and oxygen atoms in total. The van der Waals surface area contributed by atoms with Crippen LogP contribution in [0, 0.1) is 6.92 Å². The third-order valence-corrected chi connectivity index (χ3v) is 5.13. The first-order valence-corrected chi connectivity index (χ1v) is 8.54. The summed E-state index contributed by atoms with van der Waals surface area (Å²) >= 11 is 0. The molecule has 1 unspecified atom stereocenters. The molecule has 2 aliphatic heterocycles. The fraction of sp³-hybridized carbons (Fsp3) is 0.611. The molecular formula is C18H27N3O. The lowest BCUT2D eigenvalue weighted by Gasteiger charge is -2.26. The van der Waals surface area contributed by atoms with E-state index in [1.807, 2.05) is 30.0 Å². The summed E-state index contributed by atoms with van der Waals surface area (Å²) in [4.78, 5) is 17.5. The number of aryl methyl sites for hydroxylation is 1. The molecule has 4 heteroatoms. The van der Waals surface area contributed by atoms with Crippen molar-refractivity contribution < 1.29 is 4.79 Å². The molecule has 0 aromatic heterocycles. The molecule has 0 radical (unpaired) electrons. The van der Waals surface area contributed by atoms with Gasteiger partial charge in [0.2, 0.25) is 0 Å². The maximum Gasteiger partial charge on any atom is 0.254 e. The molecule has 0 spiro atoms. The Bertz CT molecular complexity index is 537. The Kier molecular flexibility index (Phi) is 4.67. The minimum atomic E-state index is 0.145. The summed E-state index contributed by atoms with van der Waals surface area (Å²) in [5, 5.41) is 0. The maximum atomic E-state index is 12.8. The van der Waals surface area contributed by atoms with Gasteiger partial charge in [-0.05, 0) is 69.8 Å². The van der Waals surface area contributed by atoms with Crippen LogP contribution in [-0.4, -0.2) is 47.9 Å². The molecule has 2 aliphatic rings. The molecule has 1 aromatic carbocycles. The Hall–Kier alpha value is -1.55. The molecule has 1 aromatic rings. The van der Waals surface area contributed by atoms with E-state index in [9.17, 15) is 4.79 Å². The van der Waals surface area contributed by atoms with E-state index < -0.39 is 0 Å². The number of rotatable bonds is 2. The molecule has 2 heterocycles. The van der Waals surface area contributed by atoms with Crippen LogP contribution in [0.2, 0.25) is 0 Å². The highest BCUT2D eigenvalue weighted by Crippen LogP contribution is 2.23. The van der Waals surface area contributed by atoms with Gasteiger partial charge in [0.25, 0.3) is 5.91 Å². The Morgan fingerprint density at radius 2 is 1.86 bits per heavy atom. The predicted molar refractivity (Wildman–Crippen MR) is 89.9 cm³/mol. The molecule has 2 N–H and O–H groups in total. The van der Waals surface area contributed by atoms with Gasteiger partial charge in [0.1, 0.15) is 0 Å². The van der Waals surface area contributed by atoms with Gasteiger partial charge in [0.05, 0.1) is 0 Å². The number of nitrogen functional groups attached to an aromatic ring is 1. The summed E-state index contributed by atoms with van der Waals surface area (Å²) in [6, 6.07) is 6.29. The Balaban J connectivity index is 1.67. The average molecular weight is 301 g/mol. The van der Waals surface area contributed by atoms with E-state index in [0.29, 0.717) is 11.7 Å². The largest absolute Gasteiger partial charge is 0.399 e. The number of carbonyl (C=O) groups is 1. The molecule has 0 saturated carbocycles. The molecule has 2 fully saturated rings. The van der Waals surface area contributed by atoms with E-state index in [-0.39, 0.29) is 5.91 Å². The zero-order valence-electron chi connectivity index (χ0n) is 13.6. The van der Waals surface area contributed by atoms with E-state index in [2.05, 4.69) is 4.90 Å². The fourth-order valence-electron chi connectivity index (χ4n) is 3.79. The van der Waals surface area contributed by atoms with E-state index in [1.165, 1.54) is 32.4 Å². The minimum Gasteiger partial charge on any atom is -0.399 e. The van der Waals surface area contributed by atoms with Gasteiger partial charge >= 0.3 is 0 Å². The molecule has 1 amide bonds. The normalized spacial score (nSPS) is 23.5. The second kappa shape index (κ2) is 6.69. The van der Waals surface area contributed by atoms with Crippen LogP contribution in [0.25, 0.3) is 0 Å². The number of hydrogen-bond acceptors (Lipinski definition) is 3. The van der Waals surface area contributed by atoms with Gasteiger partial charge in [-0.15, -0.1) is 0 Å². The van der Waals surface area contributed by atoms with Crippen LogP contribution in [0.15, 0.2) is 18.2 Å². The number of anilines is 1. The Labute approximate surface area is 133 Å². The Morgan fingerprint density at radius 1 is 1.09 bits per heavy atom. The molecule has 3 rings (SSSR count). The lowest BCUT2D eigenvalue weighted by molar-refractivity contribution is 0.0757. The SMILES string of the molecule is Cc1ccc(N)cc1C(=O)N1CCCC(N2CCCC2)CC1. The van der Waals surface area contributed by atoms with Crippen molar-refractivity contribution in [1.29, 1.82) is 0 Å². The first-order chi connectivity index (χ1) is 10.6. The standard InChI is InChI=1S/C18H27N3O/c1-14-6-7-15(19)13-17(14)18(22)21-11-4-5-16(8-12-21)20-9-2-3-10-20/h6-7,13,16H,2-5,8-12,19H2,1H3. The summed E-state index contributed by atoms with van der Waals surface area (Å²) in [7, 11) is 0. The van der Waals surface area contributed by atoms with Gasteiger partial charge in [0, 0.05) is 30.4 Å². The van der Waals surface area contributed by atoms with Crippen molar-refractivity contribution in [3.8, 4) is 0 Å². The highest BCUT2D eigenvalue weighted by Gasteiger charge is 2.27. The van der Waals surface area contributed by atoms with Gasteiger partial charge in [-0.1, -0.05) is 6.07 Å². The fourth-order valence-corrected chi connectivity index (χ4v) is 3.79. The van der Waals surface area contributed by atoms with Crippen LogP contribution < -0.4 is 5.73 Å². The second-order valence-electron chi connectivity index (χ2n) is 6.69. The van der Waals surface area contributed by atoms with E-state index in [1.54, 1.807) is 0 Å². The number of amides is 1. The quantitative estimate of drug-likeness (QED) is 0.854. The van der Waals surface area contributed by atoms with Crippen molar-refractivity contribution in [2.24, 2.45) is 0 Å². The van der Waals surface area contributed by atoms with Crippen LogP contribution in [0.3, 0.4) is 0 Å². The van der Waals surface area contributed by atoms with Gasteiger partial charge in [-0.3, -0.25) is 4.79 Å². The second-order valence-corrected chi connectivity index (χ2v) is 6.69. The monoisotopic (exact) mass is 301 g/mol. The molecule has 1 atom stereocenters. The summed E-state index contributed by atoms with van der Waals surface area (Å²) in [6.07, 6.45) is 6.10. The molecule has 2 saturated heterocycles. The van der Waals surface area contributed by atoms with Crippen molar-refractivity contribution in [2.45, 2.75) is 45.1 Å². The van der Waals surface area contributed by atoms with Crippen LogP contribution in [0.4, 0.5) is 5.69 Å². The van der Waals surface area contributed by atoms with Crippen LogP contribution in [-0.2, 0) is 0 Å². The summed E-state index contributed by atoms with van der Waals surface area (Å²) in [5.74, 6) is 0.145. The highest BCUT2D eigenvalue weighted by molar-refractivity contribution is 5.96. The van der Waals surface area contributed by atoms with Gasteiger partial charge < -0.3 is 15.5 Å². The first-order valence-electron chi connectivity index (χ1n) is 8.54. The molecule has 0 bridgehead atoms. The minimum absolute atomic E-state index is 0.145. The van der Waals surface area contributed by atoms with Crippen LogP contribution >= 0.6 is 0 Å². The number of likely N-dealkylation sites (tertiary alicyclic amines) is 2. The smallest absolute Gasteiger partial charge is 0.254 e. The van der Waals surface area contributed by atoms with E-state index >= 15 is 0 Å². The number of nitrogens with two attached hydrogens (primary N) is 1. The number of hydrogen-bond donors (Lipinski definition) is 1. The van der Waals surface area contributed by atoms with Crippen molar-refractivity contribution in [1.82, 2.24) is 9.80 Å². The van der Waals surface area contributed by atoms with Crippen LogP contribution in [0.5, 0.6) is 0 Å². The summed E-state index contributed by atoms with van der Waals surface area (Å²) < 4.78 is 0. The topological polar surface area (TPSA) is 49.6 Å². The number of benzene rings is 1. The predicted octanol–water partition coefficient (Wildman–Crippen LogP) is 2.67. The summed E-state index contributed by atoms with van der Waals surface area (Å²) in [6.45, 7) is 6.21. The molecule has 120 valence electrons. The van der Waals surface area contributed by atoms with E-state index in [4.69, 9.17) is 5.73 Å². The average Bonchev–Trinajstić information content (AvgIpc) is 2.94. The lowest BCUT2D eigenvalue weighted by Crippen LogP contribution is -2.35. The highest BCUT2D eigenvalue weighted by atomic mass is 16.2. The van der Waals surface area contributed by atoms with Gasteiger partial charge in [-0.25, -0.2) is 0 Å².